The lowest BCUT2D eigenvalue weighted by molar-refractivity contribution is -0.148. The Bertz CT molecular complexity index is 470. The van der Waals surface area contributed by atoms with Crippen LogP contribution in [0.2, 0.25) is 0 Å². The van der Waals surface area contributed by atoms with Crippen LogP contribution in [0.1, 0.15) is 64.9 Å². The number of carbonyl (C=O) groups is 1. The summed E-state index contributed by atoms with van der Waals surface area (Å²) in [6, 6.07) is 8.24. The van der Waals surface area contributed by atoms with E-state index in [1.54, 1.807) is 0 Å². The Hall–Kier alpha value is -1.51. The summed E-state index contributed by atoms with van der Waals surface area (Å²) in [5.74, 6) is 1.01. The molecule has 1 aliphatic carbocycles. The second kappa shape index (κ2) is 6.50. The van der Waals surface area contributed by atoms with Crippen molar-refractivity contribution in [3.8, 4) is 5.75 Å². The first kappa shape index (κ1) is 15.9. The van der Waals surface area contributed by atoms with Crippen molar-refractivity contribution in [1.82, 2.24) is 0 Å². The summed E-state index contributed by atoms with van der Waals surface area (Å²) >= 11 is 0. The maximum Gasteiger partial charge on any atom is 0.302 e. The first-order valence-corrected chi connectivity index (χ1v) is 7.81. The Balaban J connectivity index is 2.10. The van der Waals surface area contributed by atoms with Crippen molar-refractivity contribution in [3.05, 3.63) is 29.8 Å². The second-order valence-corrected chi connectivity index (χ2v) is 6.82. The van der Waals surface area contributed by atoms with Crippen LogP contribution in [-0.4, -0.2) is 17.7 Å². The van der Waals surface area contributed by atoms with Gasteiger partial charge in [-0.15, -0.1) is 0 Å². The Morgan fingerprint density at radius 1 is 1.10 bits per heavy atom. The summed E-state index contributed by atoms with van der Waals surface area (Å²) in [5.41, 5.74) is 1.05. The molecule has 1 fully saturated rings. The molecule has 0 aliphatic heterocycles. The van der Waals surface area contributed by atoms with Crippen molar-refractivity contribution in [2.24, 2.45) is 0 Å². The normalized spacial score (nSPS) is 22.7. The number of hydrogen-bond donors (Lipinski definition) is 0. The van der Waals surface area contributed by atoms with Gasteiger partial charge in [0.1, 0.15) is 17.5 Å². The monoisotopic (exact) mass is 290 g/mol. The maximum atomic E-state index is 11.3. The quantitative estimate of drug-likeness (QED) is 0.771. The molecule has 3 heteroatoms. The Morgan fingerprint density at radius 3 is 2.29 bits per heavy atom. The van der Waals surface area contributed by atoms with E-state index in [2.05, 4.69) is 12.1 Å². The highest BCUT2D eigenvalue weighted by Gasteiger charge is 2.28. The zero-order valence-electron chi connectivity index (χ0n) is 13.5. The summed E-state index contributed by atoms with van der Waals surface area (Å²) in [7, 11) is 0. The van der Waals surface area contributed by atoms with E-state index >= 15 is 0 Å². The molecular formula is C18H26O3. The van der Waals surface area contributed by atoms with E-state index in [1.165, 1.54) is 18.9 Å². The van der Waals surface area contributed by atoms with Gasteiger partial charge in [-0.1, -0.05) is 18.6 Å². The predicted octanol–water partition coefficient (Wildman–Crippen LogP) is 4.45. The van der Waals surface area contributed by atoms with Crippen molar-refractivity contribution in [2.45, 2.75) is 71.0 Å². The second-order valence-electron chi connectivity index (χ2n) is 6.82. The predicted molar refractivity (Wildman–Crippen MR) is 83.6 cm³/mol. The van der Waals surface area contributed by atoms with Crippen LogP contribution in [0.25, 0.3) is 0 Å². The van der Waals surface area contributed by atoms with Gasteiger partial charge in [0.05, 0.1) is 0 Å². The van der Waals surface area contributed by atoms with Gasteiger partial charge in [-0.05, 0) is 57.7 Å². The van der Waals surface area contributed by atoms with Crippen LogP contribution in [0.15, 0.2) is 24.3 Å². The molecule has 0 heterocycles. The van der Waals surface area contributed by atoms with Gasteiger partial charge in [0.2, 0.25) is 0 Å². The minimum atomic E-state index is -0.188. The maximum absolute atomic E-state index is 11.3. The van der Waals surface area contributed by atoms with Crippen LogP contribution in [0.4, 0.5) is 0 Å². The highest BCUT2D eigenvalue weighted by atomic mass is 16.5. The molecule has 0 saturated heterocycles. The molecule has 21 heavy (non-hydrogen) atoms. The van der Waals surface area contributed by atoms with Crippen molar-refractivity contribution < 1.29 is 14.3 Å². The molecule has 0 N–H and O–H groups in total. The minimum Gasteiger partial charge on any atom is -0.488 e. The zero-order chi connectivity index (χ0) is 15.5. The number of carbonyl (C=O) groups excluding carboxylic acids is 1. The lowest BCUT2D eigenvalue weighted by Gasteiger charge is -2.31. The topological polar surface area (TPSA) is 35.5 Å². The minimum absolute atomic E-state index is 0.0191. The van der Waals surface area contributed by atoms with Gasteiger partial charge in [0.25, 0.3) is 0 Å². The fraction of sp³-hybridized carbons (Fsp3) is 0.611. The Kier molecular flexibility index (Phi) is 4.92. The highest BCUT2D eigenvalue weighted by Crippen LogP contribution is 2.36. The van der Waals surface area contributed by atoms with Gasteiger partial charge in [-0.2, -0.15) is 0 Å². The van der Waals surface area contributed by atoms with Crippen molar-refractivity contribution >= 4 is 5.97 Å². The molecule has 1 aromatic carbocycles. The van der Waals surface area contributed by atoms with E-state index in [4.69, 9.17) is 9.47 Å². The molecule has 1 saturated carbocycles. The van der Waals surface area contributed by atoms with E-state index in [-0.39, 0.29) is 17.7 Å². The van der Waals surface area contributed by atoms with Crippen molar-refractivity contribution in [2.75, 3.05) is 0 Å². The molecule has 0 amide bonds. The van der Waals surface area contributed by atoms with Crippen LogP contribution < -0.4 is 4.74 Å². The third-order valence-corrected chi connectivity index (χ3v) is 3.75. The summed E-state index contributed by atoms with van der Waals surface area (Å²) in [5, 5.41) is 0. The molecule has 0 radical (unpaired) electrons. The molecule has 0 aromatic heterocycles. The van der Waals surface area contributed by atoms with E-state index in [0.717, 1.165) is 25.0 Å². The van der Waals surface area contributed by atoms with Crippen LogP contribution in [0.5, 0.6) is 5.75 Å². The first-order valence-electron chi connectivity index (χ1n) is 7.81. The average molecular weight is 290 g/mol. The number of ether oxygens (including phenoxy) is 2. The standard InChI is InChI=1S/C18H26O3/c1-13(19)20-17-8-6-5-7-16(17)14-9-11-15(12-10-14)21-18(2,3)4/h9-12,16-17H,5-8H2,1-4H3. The number of rotatable bonds is 3. The molecule has 116 valence electrons. The molecule has 3 nitrogen and oxygen atoms in total. The molecule has 1 aromatic rings. The van der Waals surface area contributed by atoms with Gasteiger partial charge in [0, 0.05) is 12.8 Å². The highest BCUT2D eigenvalue weighted by molar-refractivity contribution is 5.66. The van der Waals surface area contributed by atoms with E-state index < -0.39 is 0 Å². The molecule has 2 atom stereocenters. The van der Waals surface area contributed by atoms with Gasteiger partial charge < -0.3 is 9.47 Å². The zero-order valence-corrected chi connectivity index (χ0v) is 13.5. The summed E-state index contributed by atoms with van der Waals surface area (Å²) in [6.45, 7) is 7.61. The number of esters is 1. The van der Waals surface area contributed by atoms with Crippen LogP contribution in [-0.2, 0) is 9.53 Å². The molecular weight excluding hydrogens is 264 g/mol. The van der Waals surface area contributed by atoms with Gasteiger partial charge in [-0.25, -0.2) is 0 Å². The molecule has 2 unspecified atom stereocenters. The third-order valence-electron chi connectivity index (χ3n) is 3.75. The summed E-state index contributed by atoms with van der Waals surface area (Å²) < 4.78 is 11.3. The lowest BCUT2D eigenvalue weighted by atomic mass is 9.81. The fourth-order valence-electron chi connectivity index (χ4n) is 2.97. The van der Waals surface area contributed by atoms with E-state index in [9.17, 15) is 4.79 Å². The Labute approximate surface area is 127 Å². The van der Waals surface area contributed by atoms with Gasteiger partial charge >= 0.3 is 5.97 Å². The summed E-state index contributed by atoms with van der Waals surface area (Å²) in [6.07, 6.45) is 4.40. The third kappa shape index (κ3) is 4.76. The smallest absolute Gasteiger partial charge is 0.302 e. The van der Waals surface area contributed by atoms with Crippen molar-refractivity contribution in [1.29, 1.82) is 0 Å². The Morgan fingerprint density at radius 2 is 1.71 bits per heavy atom. The largest absolute Gasteiger partial charge is 0.488 e. The molecule has 1 aliphatic rings. The van der Waals surface area contributed by atoms with Crippen LogP contribution in [0.3, 0.4) is 0 Å². The van der Waals surface area contributed by atoms with E-state index in [1.807, 2.05) is 32.9 Å². The average Bonchev–Trinajstić information content (AvgIpc) is 2.38. The first-order chi connectivity index (χ1) is 9.85. The molecule has 0 bridgehead atoms. The summed E-state index contributed by atoms with van der Waals surface area (Å²) in [4.78, 5) is 11.3. The van der Waals surface area contributed by atoms with E-state index in [0.29, 0.717) is 5.92 Å². The van der Waals surface area contributed by atoms with Crippen LogP contribution in [0, 0.1) is 0 Å². The number of benzene rings is 1. The molecule has 0 spiro atoms. The lowest BCUT2D eigenvalue weighted by Crippen LogP contribution is -2.28. The SMILES string of the molecule is CC(=O)OC1CCCCC1c1ccc(OC(C)(C)C)cc1. The van der Waals surface area contributed by atoms with Crippen LogP contribution >= 0.6 is 0 Å². The molecule has 2 rings (SSSR count). The fourth-order valence-corrected chi connectivity index (χ4v) is 2.97. The van der Waals surface area contributed by atoms with Gasteiger partial charge in [0.15, 0.2) is 0 Å². The number of hydrogen-bond acceptors (Lipinski definition) is 3. The van der Waals surface area contributed by atoms with Gasteiger partial charge in [-0.3, -0.25) is 4.79 Å². The van der Waals surface area contributed by atoms with Crippen molar-refractivity contribution in [3.63, 3.8) is 0 Å².